The van der Waals surface area contributed by atoms with Gasteiger partial charge >= 0.3 is 5.97 Å². The zero-order valence-corrected chi connectivity index (χ0v) is 16.5. The lowest BCUT2D eigenvalue weighted by molar-refractivity contribution is -0.142. The molecule has 0 aliphatic rings. The van der Waals surface area contributed by atoms with Crippen LogP contribution < -0.4 is 10.6 Å². The Bertz CT molecular complexity index is 839. The highest BCUT2D eigenvalue weighted by molar-refractivity contribution is 5.98. The summed E-state index contributed by atoms with van der Waals surface area (Å²) in [5, 5.41) is 14.1. The van der Waals surface area contributed by atoms with Crippen LogP contribution in [0.5, 0.6) is 0 Å². The molecule has 2 amide bonds. The van der Waals surface area contributed by atoms with E-state index >= 15 is 0 Å². The van der Waals surface area contributed by atoms with Crippen LogP contribution in [0.3, 0.4) is 0 Å². The number of carboxylic acid groups (broad SMARTS) is 1. The summed E-state index contributed by atoms with van der Waals surface area (Å²) in [6, 6.07) is 15.0. The first kappa shape index (κ1) is 21.2. The van der Waals surface area contributed by atoms with E-state index in [1.54, 1.807) is 12.1 Å². The predicted molar refractivity (Wildman–Crippen MR) is 108 cm³/mol. The first-order valence-corrected chi connectivity index (χ1v) is 9.09. The van der Waals surface area contributed by atoms with Crippen LogP contribution in [0.1, 0.15) is 38.1 Å². The molecule has 2 aromatic carbocycles. The number of aliphatic carboxylic acids is 1. The summed E-state index contributed by atoms with van der Waals surface area (Å²) in [5.41, 5.74) is 1.86. The molecule has 0 saturated carbocycles. The molecule has 2 atom stereocenters. The van der Waals surface area contributed by atoms with Crippen molar-refractivity contribution < 1.29 is 19.5 Å². The number of carbonyl (C=O) groups excluding carboxylic acids is 2. The van der Waals surface area contributed by atoms with E-state index in [0.717, 1.165) is 11.1 Å². The smallest absolute Gasteiger partial charge is 0.325 e. The molecule has 148 valence electrons. The van der Waals surface area contributed by atoms with Crippen molar-refractivity contribution in [3.05, 3.63) is 60.2 Å². The highest BCUT2D eigenvalue weighted by Crippen LogP contribution is 2.22. The summed E-state index contributed by atoms with van der Waals surface area (Å²) in [6.07, 6.45) is 0. The second-order valence-electron chi connectivity index (χ2n) is 7.78. The first-order valence-electron chi connectivity index (χ1n) is 9.09. The van der Waals surface area contributed by atoms with Crippen molar-refractivity contribution in [2.45, 2.75) is 39.8 Å². The topological polar surface area (TPSA) is 95.5 Å². The summed E-state index contributed by atoms with van der Waals surface area (Å²) in [7, 11) is 0. The van der Waals surface area contributed by atoms with E-state index in [-0.39, 0.29) is 0 Å². The summed E-state index contributed by atoms with van der Waals surface area (Å²) in [5.74, 6) is -2.06. The summed E-state index contributed by atoms with van der Waals surface area (Å²) in [4.78, 5) is 36.2. The van der Waals surface area contributed by atoms with Gasteiger partial charge in [-0.3, -0.25) is 14.4 Å². The molecule has 2 aromatic rings. The molecule has 0 unspecified atom stereocenters. The lowest BCUT2D eigenvalue weighted by Crippen LogP contribution is -2.56. The van der Waals surface area contributed by atoms with Gasteiger partial charge in [0.2, 0.25) is 5.91 Å². The minimum atomic E-state index is -1.14. The Balaban J connectivity index is 2.15. The van der Waals surface area contributed by atoms with Crippen molar-refractivity contribution in [1.82, 2.24) is 10.6 Å². The van der Waals surface area contributed by atoms with Crippen LogP contribution in [0.15, 0.2) is 54.6 Å². The number of hydrogen-bond donors (Lipinski definition) is 3. The van der Waals surface area contributed by atoms with Gasteiger partial charge in [0.15, 0.2) is 0 Å². The second kappa shape index (κ2) is 8.69. The highest BCUT2D eigenvalue weighted by Gasteiger charge is 2.34. The quantitative estimate of drug-likeness (QED) is 0.715. The second-order valence-corrected chi connectivity index (χ2v) is 7.78. The Hall–Kier alpha value is -3.15. The van der Waals surface area contributed by atoms with Crippen LogP contribution in [-0.2, 0) is 9.59 Å². The van der Waals surface area contributed by atoms with E-state index in [1.165, 1.54) is 6.92 Å². The van der Waals surface area contributed by atoms with Crippen molar-refractivity contribution in [3.63, 3.8) is 0 Å². The zero-order chi connectivity index (χ0) is 20.9. The summed E-state index contributed by atoms with van der Waals surface area (Å²) >= 11 is 0. The van der Waals surface area contributed by atoms with Crippen molar-refractivity contribution in [2.24, 2.45) is 5.41 Å². The van der Waals surface area contributed by atoms with E-state index < -0.39 is 35.3 Å². The van der Waals surface area contributed by atoms with E-state index in [9.17, 15) is 14.4 Å². The molecule has 0 aliphatic carbocycles. The van der Waals surface area contributed by atoms with Gasteiger partial charge in [-0.1, -0.05) is 63.2 Å². The number of amides is 2. The molecule has 0 aromatic heterocycles. The first-order chi connectivity index (χ1) is 13.1. The maximum Gasteiger partial charge on any atom is 0.325 e. The molecule has 0 aliphatic heterocycles. The number of nitrogens with one attached hydrogen (secondary N) is 2. The fourth-order valence-electron chi connectivity index (χ4n) is 2.69. The van der Waals surface area contributed by atoms with Gasteiger partial charge in [-0.15, -0.1) is 0 Å². The van der Waals surface area contributed by atoms with Gasteiger partial charge in [-0.25, -0.2) is 0 Å². The summed E-state index contributed by atoms with van der Waals surface area (Å²) < 4.78 is 0. The number of carbonyl (C=O) groups is 3. The third-order valence-corrected chi connectivity index (χ3v) is 4.39. The van der Waals surface area contributed by atoms with E-state index in [2.05, 4.69) is 10.6 Å². The van der Waals surface area contributed by atoms with Crippen LogP contribution >= 0.6 is 0 Å². The van der Waals surface area contributed by atoms with Crippen LogP contribution in [0.2, 0.25) is 0 Å². The van der Waals surface area contributed by atoms with E-state index in [0.29, 0.717) is 5.56 Å². The van der Waals surface area contributed by atoms with Crippen molar-refractivity contribution in [3.8, 4) is 11.1 Å². The Labute approximate surface area is 165 Å². The molecule has 0 fully saturated rings. The molecule has 0 radical (unpaired) electrons. The maximum atomic E-state index is 12.7. The Morgan fingerprint density at radius 1 is 0.857 bits per heavy atom. The Kier molecular flexibility index (Phi) is 6.57. The monoisotopic (exact) mass is 382 g/mol. The van der Waals surface area contributed by atoms with Gasteiger partial charge in [0.1, 0.15) is 12.1 Å². The molecule has 6 nitrogen and oxygen atoms in total. The molecule has 0 saturated heterocycles. The average molecular weight is 382 g/mol. The molecule has 3 N–H and O–H groups in total. The van der Waals surface area contributed by atoms with E-state index in [1.807, 2.05) is 63.2 Å². The van der Waals surface area contributed by atoms with Gasteiger partial charge in [-0.05, 0) is 35.6 Å². The van der Waals surface area contributed by atoms with Crippen LogP contribution in [0.4, 0.5) is 0 Å². The minimum Gasteiger partial charge on any atom is -0.480 e. The molecule has 0 heterocycles. The molecule has 28 heavy (non-hydrogen) atoms. The number of hydrogen-bond acceptors (Lipinski definition) is 3. The minimum absolute atomic E-state index is 0.391. The standard InChI is InChI=1S/C22H26N2O4/c1-14(21(27)28)23-20(26)18(22(2,3)4)24-19(25)17-12-10-16(11-13-17)15-8-6-5-7-9-15/h5-14,18H,1-4H3,(H,23,26)(H,24,25)(H,27,28)/t14-,18+/m0/s1. The Morgan fingerprint density at radius 2 is 1.39 bits per heavy atom. The largest absolute Gasteiger partial charge is 0.480 e. The van der Waals surface area contributed by atoms with Gasteiger partial charge in [0.05, 0.1) is 0 Å². The lowest BCUT2D eigenvalue weighted by atomic mass is 9.85. The molecule has 0 spiro atoms. The average Bonchev–Trinajstić information content (AvgIpc) is 2.65. The normalized spacial score (nSPS) is 13.3. The van der Waals surface area contributed by atoms with E-state index in [4.69, 9.17) is 5.11 Å². The molecular weight excluding hydrogens is 356 g/mol. The van der Waals surface area contributed by atoms with Gasteiger partial charge in [-0.2, -0.15) is 0 Å². The third-order valence-electron chi connectivity index (χ3n) is 4.39. The maximum absolute atomic E-state index is 12.7. The zero-order valence-electron chi connectivity index (χ0n) is 16.5. The van der Waals surface area contributed by atoms with Gasteiger partial charge in [0.25, 0.3) is 5.91 Å². The fraction of sp³-hybridized carbons (Fsp3) is 0.318. The molecule has 2 rings (SSSR count). The van der Waals surface area contributed by atoms with Crippen molar-refractivity contribution in [1.29, 1.82) is 0 Å². The van der Waals surface area contributed by atoms with Gasteiger partial charge < -0.3 is 15.7 Å². The van der Waals surface area contributed by atoms with Crippen LogP contribution in [-0.4, -0.2) is 35.0 Å². The number of carboxylic acids is 1. The van der Waals surface area contributed by atoms with Crippen molar-refractivity contribution >= 4 is 17.8 Å². The fourth-order valence-corrected chi connectivity index (χ4v) is 2.69. The van der Waals surface area contributed by atoms with Gasteiger partial charge in [0, 0.05) is 5.56 Å². The third kappa shape index (κ3) is 5.42. The number of rotatable bonds is 6. The Morgan fingerprint density at radius 3 is 1.89 bits per heavy atom. The van der Waals surface area contributed by atoms with Crippen LogP contribution in [0.25, 0.3) is 11.1 Å². The number of benzene rings is 2. The predicted octanol–water partition coefficient (Wildman–Crippen LogP) is 3.09. The SMILES string of the molecule is C[C@H](NC(=O)[C@@H](NC(=O)c1ccc(-c2ccccc2)cc1)C(C)(C)C)C(=O)O. The highest BCUT2D eigenvalue weighted by atomic mass is 16.4. The summed E-state index contributed by atoms with van der Waals surface area (Å²) in [6.45, 7) is 6.80. The van der Waals surface area contributed by atoms with Crippen LogP contribution in [0, 0.1) is 5.41 Å². The lowest BCUT2D eigenvalue weighted by Gasteiger charge is -2.31. The van der Waals surface area contributed by atoms with Crippen molar-refractivity contribution in [2.75, 3.05) is 0 Å². The molecular formula is C22H26N2O4. The molecule has 0 bridgehead atoms. The molecule has 6 heteroatoms.